The summed E-state index contributed by atoms with van der Waals surface area (Å²) < 4.78 is 35.1. The molecule has 1 aromatic rings. The van der Waals surface area contributed by atoms with Crippen LogP contribution in [0.3, 0.4) is 0 Å². The number of sulfonamides is 1. The molecule has 0 saturated heterocycles. The first kappa shape index (κ1) is 16.5. The van der Waals surface area contributed by atoms with Crippen molar-refractivity contribution in [2.75, 3.05) is 7.11 Å². The molecule has 0 aliphatic heterocycles. The van der Waals surface area contributed by atoms with Crippen molar-refractivity contribution in [3.05, 3.63) is 18.0 Å². The van der Waals surface area contributed by atoms with Gasteiger partial charge in [0.1, 0.15) is 0 Å². The van der Waals surface area contributed by atoms with E-state index in [9.17, 15) is 8.42 Å². The average Bonchev–Trinajstić information content (AvgIpc) is 3.03. The summed E-state index contributed by atoms with van der Waals surface area (Å²) in [5.74, 6) is 0. The summed E-state index contributed by atoms with van der Waals surface area (Å²) in [6.07, 6.45) is 4.30. The fraction of sp³-hybridized carbons (Fsp3) is 0.714. The van der Waals surface area contributed by atoms with E-state index in [0.29, 0.717) is 6.54 Å². The van der Waals surface area contributed by atoms with E-state index < -0.39 is 10.0 Å². The van der Waals surface area contributed by atoms with Gasteiger partial charge in [-0.15, -0.1) is 0 Å². The monoisotopic (exact) mass is 315 g/mol. The van der Waals surface area contributed by atoms with Crippen LogP contribution in [-0.2, 0) is 21.3 Å². The highest BCUT2D eigenvalue weighted by molar-refractivity contribution is 7.89. The van der Waals surface area contributed by atoms with Crippen LogP contribution < -0.4 is 10.5 Å². The van der Waals surface area contributed by atoms with Crippen LogP contribution in [0.5, 0.6) is 0 Å². The Kier molecular flexibility index (Phi) is 5.08. The summed E-state index contributed by atoms with van der Waals surface area (Å²) in [7, 11) is -1.91. The van der Waals surface area contributed by atoms with Gasteiger partial charge in [-0.2, -0.15) is 0 Å². The summed E-state index contributed by atoms with van der Waals surface area (Å²) in [5.41, 5.74) is 6.52. The number of rotatable bonds is 6. The number of aromatic nitrogens is 1. The first-order valence-electron chi connectivity index (χ1n) is 7.35. The average molecular weight is 315 g/mol. The van der Waals surface area contributed by atoms with Gasteiger partial charge in [-0.05, 0) is 39.2 Å². The minimum atomic E-state index is -3.54. The van der Waals surface area contributed by atoms with Crippen molar-refractivity contribution in [3.63, 3.8) is 0 Å². The van der Waals surface area contributed by atoms with Gasteiger partial charge in [0.05, 0.1) is 11.0 Å². The zero-order valence-electron chi connectivity index (χ0n) is 12.9. The zero-order valence-corrected chi connectivity index (χ0v) is 13.7. The Labute approximate surface area is 126 Å². The third kappa shape index (κ3) is 3.48. The Balaban J connectivity index is 2.23. The van der Waals surface area contributed by atoms with Crippen molar-refractivity contribution < 1.29 is 13.2 Å². The summed E-state index contributed by atoms with van der Waals surface area (Å²) in [6.45, 7) is 4.32. The molecule has 1 heterocycles. The second kappa shape index (κ2) is 6.48. The quantitative estimate of drug-likeness (QED) is 0.830. The lowest BCUT2D eigenvalue weighted by Crippen LogP contribution is -2.40. The molecule has 0 bridgehead atoms. The van der Waals surface area contributed by atoms with Gasteiger partial charge in [0.2, 0.25) is 10.0 Å². The summed E-state index contributed by atoms with van der Waals surface area (Å²) in [6, 6.07) is 1.67. The number of hydrogen-bond donors (Lipinski definition) is 2. The van der Waals surface area contributed by atoms with Crippen LogP contribution >= 0.6 is 0 Å². The molecule has 1 aliphatic carbocycles. The number of nitrogens with one attached hydrogen (secondary N) is 1. The fourth-order valence-corrected chi connectivity index (χ4v) is 4.25. The van der Waals surface area contributed by atoms with Crippen molar-refractivity contribution in [3.8, 4) is 0 Å². The summed E-state index contributed by atoms with van der Waals surface area (Å²) in [4.78, 5) is 0.276. The second-order valence-corrected chi connectivity index (χ2v) is 7.52. The SMILES string of the molecule is COC1CCCC1NS(=O)(=O)c1cc(CN)n(C(C)C)c1. The lowest BCUT2D eigenvalue weighted by Gasteiger charge is -2.19. The first-order chi connectivity index (χ1) is 9.89. The van der Waals surface area contributed by atoms with E-state index in [1.54, 1.807) is 19.4 Å². The number of nitrogens with zero attached hydrogens (tertiary/aromatic N) is 1. The molecule has 0 aromatic carbocycles. The van der Waals surface area contributed by atoms with Gasteiger partial charge < -0.3 is 15.0 Å². The lowest BCUT2D eigenvalue weighted by atomic mass is 10.2. The van der Waals surface area contributed by atoms with Gasteiger partial charge in [0.15, 0.2) is 0 Å². The lowest BCUT2D eigenvalue weighted by molar-refractivity contribution is 0.0916. The first-order valence-corrected chi connectivity index (χ1v) is 8.83. The van der Waals surface area contributed by atoms with Crippen LogP contribution in [0.15, 0.2) is 17.2 Å². The third-order valence-corrected chi connectivity index (χ3v) is 5.50. The minimum Gasteiger partial charge on any atom is -0.380 e. The van der Waals surface area contributed by atoms with Crippen molar-refractivity contribution in [2.45, 2.75) is 62.7 Å². The highest BCUT2D eigenvalue weighted by Crippen LogP contribution is 2.24. The Morgan fingerprint density at radius 2 is 2.19 bits per heavy atom. The maximum absolute atomic E-state index is 12.5. The Bertz CT molecular complexity index is 580. The molecule has 6 nitrogen and oxygen atoms in total. The van der Waals surface area contributed by atoms with Crippen molar-refractivity contribution in [1.29, 1.82) is 0 Å². The van der Waals surface area contributed by atoms with Crippen LogP contribution in [0.1, 0.15) is 44.8 Å². The van der Waals surface area contributed by atoms with E-state index in [4.69, 9.17) is 10.5 Å². The highest BCUT2D eigenvalue weighted by atomic mass is 32.2. The Morgan fingerprint density at radius 3 is 2.71 bits per heavy atom. The molecule has 0 radical (unpaired) electrons. The number of methoxy groups -OCH3 is 1. The molecule has 21 heavy (non-hydrogen) atoms. The number of hydrogen-bond acceptors (Lipinski definition) is 4. The number of nitrogens with two attached hydrogens (primary N) is 1. The molecular weight excluding hydrogens is 290 g/mol. The molecule has 2 unspecified atom stereocenters. The van der Waals surface area contributed by atoms with Crippen LogP contribution in [0, 0.1) is 0 Å². The smallest absolute Gasteiger partial charge is 0.242 e. The van der Waals surface area contributed by atoms with Crippen LogP contribution in [0.4, 0.5) is 0 Å². The molecule has 7 heteroatoms. The van der Waals surface area contributed by atoms with Gasteiger partial charge in [-0.25, -0.2) is 13.1 Å². The molecule has 2 atom stereocenters. The van der Waals surface area contributed by atoms with Crippen LogP contribution in [0.25, 0.3) is 0 Å². The largest absolute Gasteiger partial charge is 0.380 e. The van der Waals surface area contributed by atoms with E-state index >= 15 is 0 Å². The molecule has 0 spiro atoms. The molecule has 120 valence electrons. The van der Waals surface area contributed by atoms with Crippen LogP contribution in [0.2, 0.25) is 0 Å². The van der Waals surface area contributed by atoms with E-state index in [-0.39, 0.29) is 23.1 Å². The van der Waals surface area contributed by atoms with E-state index in [1.807, 2.05) is 18.4 Å². The normalized spacial score (nSPS) is 23.1. The molecule has 1 fully saturated rings. The van der Waals surface area contributed by atoms with Gasteiger partial charge in [0, 0.05) is 37.6 Å². The fourth-order valence-electron chi connectivity index (χ4n) is 2.90. The Morgan fingerprint density at radius 1 is 1.48 bits per heavy atom. The summed E-state index contributed by atoms with van der Waals surface area (Å²) in [5, 5.41) is 0. The Hall–Kier alpha value is -0.890. The van der Waals surface area contributed by atoms with Crippen molar-refractivity contribution in [1.82, 2.24) is 9.29 Å². The number of ether oxygens (including phenoxy) is 1. The van der Waals surface area contributed by atoms with Gasteiger partial charge in [-0.3, -0.25) is 0 Å². The van der Waals surface area contributed by atoms with Crippen molar-refractivity contribution in [2.24, 2.45) is 5.73 Å². The van der Waals surface area contributed by atoms with Crippen molar-refractivity contribution >= 4 is 10.0 Å². The predicted octanol–water partition coefficient (Wildman–Crippen LogP) is 1.37. The van der Waals surface area contributed by atoms with E-state index in [2.05, 4.69) is 4.72 Å². The van der Waals surface area contributed by atoms with Gasteiger partial charge >= 0.3 is 0 Å². The molecule has 1 saturated carbocycles. The summed E-state index contributed by atoms with van der Waals surface area (Å²) >= 11 is 0. The molecule has 1 aliphatic rings. The van der Waals surface area contributed by atoms with E-state index in [1.165, 1.54) is 0 Å². The molecule has 2 rings (SSSR count). The topological polar surface area (TPSA) is 86.3 Å². The molecular formula is C14H25N3O3S. The maximum Gasteiger partial charge on any atom is 0.242 e. The molecule has 3 N–H and O–H groups in total. The zero-order chi connectivity index (χ0) is 15.6. The third-order valence-electron chi connectivity index (χ3n) is 4.04. The van der Waals surface area contributed by atoms with Crippen LogP contribution in [-0.4, -0.2) is 32.2 Å². The standard InChI is InChI=1S/C14H25N3O3S/c1-10(2)17-9-12(7-11(17)8-15)21(18,19)16-13-5-4-6-14(13)20-3/h7,9-10,13-14,16H,4-6,8,15H2,1-3H3. The predicted molar refractivity (Wildman–Crippen MR) is 81.5 cm³/mol. The minimum absolute atomic E-state index is 0.0408. The van der Waals surface area contributed by atoms with E-state index in [0.717, 1.165) is 25.0 Å². The molecule has 0 amide bonds. The highest BCUT2D eigenvalue weighted by Gasteiger charge is 2.32. The second-order valence-electron chi connectivity index (χ2n) is 5.81. The maximum atomic E-state index is 12.5. The van der Waals surface area contributed by atoms with Gasteiger partial charge in [-0.1, -0.05) is 0 Å². The van der Waals surface area contributed by atoms with Gasteiger partial charge in [0.25, 0.3) is 0 Å². The molecule has 1 aromatic heterocycles.